The molecule has 0 bridgehead atoms. The summed E-state index contributed by atoms with van der Waals surface area (Å²) in [5.74, 6) is 2.61. The van der Waals surface area contributed by atoms with Gasteiger partial charge in [-0.15, -0.1) is 0 Å². The quantitative estimate of drug-likeness (QED) is 0.872. The predicted molar refractivity (Wildman–Crippen MR) is 89.3 cm³/mol. The summed E-state index contributed by atoms with van der Waals surface area (Å²) < 4.78 is 1.84. The first-order valence-electron chi connectivity index (χ1n) is 7.94. The highest BCUT2D eigenvalue weighted by molar-refractivity contribution is 5.41. The van der Waals surface area contributed by atoms with E-state index in [1.165, 1.54) is 6.42 Å². The predicted octanol–water partition coefficient (Wildman–Crippen LogP) is 0.748. The van der Waals surface area contributed by atoms with E-state index in [1.807, 2.05) is 36.8 Å². The van der Waals surface area contributed by atoms with Crippen LogP contribution in [0.25, 0.3) is 0 Å². The first-order valence-corrected chi connectivity index (χ1v) is 7.94. The highest BCUT2D eigenvalue weighted by atomic mass is 15.3. The van der Waals surface area contributed by atoms with Crippen LogP contribution in [0.2, 0.25) is 0 Å². The van der Waals surface area contributed by atoms with E-state index in [9.17, 15) is 0 Å². The molecule has 0 aliphatic carbocycles. The van der Waals surface area contributed by atoms with Crippen molar-refractivity contribution in [2.24, 2.45) is 7.05 Å². The maximum atomic E-state index is 4.54. The van der Waals surface area contributed by atoms with Crippen LogP contribution in [0.1, 0.15) is 18.7 Å². The molecular weight excluding hydrogens is 292 g/mol. The van der Waals surface area contributed by atoms with Crippen LogP contribution >= 0.6 is 0 Å². The van der Waals surface area contributed by atoms with E-state index in [2.05, 4.69) is 30.3 Å². The standard InChI is InChI=1S/C15H24N8/c1-21(2)15-16-7-6-13(20-15)19-12-5-4-8-23(9-12)10-14-17-11-18-22(14)3/h6-7,11-12H,4-5,8-10H2,1-3H3,(H,16,19,20). The van der Waals surface area contributed by atoms with Gasteiger partial charge >= 0.3 is 0 Å². The van der Waals surface area contributed by atoms with Crippen molar-refractivity contribution < 1.29 is 0 Å². The normalized spacial score (nSPS) is 18.8. The molecule has 23 heavy (non-hydrogen) atoms. The summed E-state index contributed by atoms with van der Waals surface area (Å²) in [6.45, 7) is 2.91. The fourth-order valence-electron chi connectivity index (χ4n) is 2.83. The van der Waals surface area contributed by atoms with Crippen molar-refractivity contribution in [2.75, 3.05) is 37.4 Å². The zero-order chi connectivity index (χ0) is 16.2. The van der Waals surface area contributed by atoms with E-state index < -0.39 is 0 Å². The molecule has 1 unspecified atom stereocenters. The number of nitrogens with zero attached hydrogens (tertiary/aromatic N) is 7. The molecule has 2 aromatic heterocycles. The molecule has 8 nitrogen and oxygen atoms in total. The highest BCUT2D eigenvalue weighted by Gasteiger charge is 2.21. The van der Waals surface area contributed by atoms with Gasteiger partial charge in [0.25, 0.3) is 0 Å². The van der Waals surface area contributed by atoms with Gasteiger partial charge in [-0.05, 0) is 25.5 Å². The first-order chi connectivity index (χ1) is 11.1. The zero-order valence-corrected chi connectivity index (χ0v) is 14.0. The third kappa shape index (κ3) is 3.95. The zero-order valence-electron chi connectivity index (χ0n) is 14.0. The van der Waals surface area contributed by atoms with Crippen molar-refractivity contribution in [1.29, 1.82) is 0 Å². The van der Waals surface area contributed by atoms with Gasteiger partial charge in [-0.3, -0.25) is 9.58 Å². The van der Waals surface area contributed by atoms with Gasteiger partial charge in [-0.1, -0.05) is 0 Å². The largest absolute Gasteiger partial charge is 0.366 e. The van der Waals surface area contributed by atoms with E-state index in [-0.39, 0.29) is 0 Å². The number of piperidine rings is 1. The minimum atomic E-state index is 0.391. The minimum Gasteiger partial charge on any atom is -0.366 e. The van der Waals surface area contributed by atoms with Crippen molar-refractivity contribution in [3.63, 3.8) is 0 Å². The van der Waals surface area contributed by atoms with Crippen molar-refractivity contribution in [1.82, 2.24) is 29.6 Å². The van der Waals surface area contributed by atoms with Gasteiger partial charge in [0, 0.05) is 39.9 Å². The topological polar surface area (TPSA) is 75.0 Å². The molecule has 1 N–H and O–H groups in total. The fourth-order valence-corrected chi connectivity index (χ4v) is 2.83. The number of hydrogen-bond donors (Lipinski definition) is 1. The van der Waals surface area contributed by atoms with Gasteiger partial charge < -0.3 is 10.2 Å². The van der Waals surface area contributed by atoms with Gasteiger partial charge in [-0.25, -0.2) is 9.97 Å². The van der Waals surface area contributed by atoms with E-state index in [0.717, 1.165) is 43.6 Å². The SMILES string of the molecule is CN(C)c1nccc(NC2CCCN(Cc3ncnn3C)C2)n1. The molecule has 0 radical (unpaired) electrons. The second kappa shape index (κ2) is 6.91. The molecule has 2 aromatic rings. The molecule has 1 fully saturated rings. The summed E-state index contributed by atoms with van der Waals surface area (Å²) >= 11 is 0. The lowest BCUT2D eigenvalue weighted by Gasteiger charge is -2.33. The molecule has 1 aliphatic rings. The fraction of sp³-hybridized carbons (Fsp3) is 0.600. The Balaban J connectivity index is 1.60. The van der Waals surface area contributed by atoms with Crippen LogP contribution in [-0.2, 0) is 13.6 Å². The molecule has 3 rings (SSSR count). The Morgan fingerprint density at radius 2 is 2.22 bits per heavy atom. The molecule has 1 aliphatic heterocycles. The van der Waals surface area contributed by atoms with E-state index in [0.29, 0.717) is 6.04 Å². The van der Waals surface area contributed by atoms with Gasteiger partial charge in [0.2, 0.25) is 5.95 Å². The Bertz CT molecular complexity index is 638. The number of aryl methyl sites for hydroxylation is 1. The summed E-state index contributed by atoms with van der Waals surface area (Å²) in [6, 6.07) is 2.32. The van der Waals surface area contributed by atoms with Crippen LogP contribution in [0.3, 0.4) is 0 Å². The maximum absolute atomic E-state index is 4.54. The van der Waals surface area contributed by atoms with Crippen molar-refractivity contribution in [3.05, 3.63) is 24.4 Å². The maximum Gasteiger partial charge on any atom is 0.226 e. The lowest BCUT2D eigenvalue weighted by molar-refractivity contribution is 0.201. The van der Waals surface area contributed by atoms with E-state index in [4.69, 9.17) is 0 Å². The van der Waals surface area contributed by atoms with E-state index >= 15 is 0 Å². The number of aromatic nitrogens is 5. The molecule has 8 heteroatoms. The second-order valence-electron chi connectivity index (χ2n) is 6.15. The molecule has 0 amide bonds. The molecular formula is C15H24N8. The lowest BCUT2D eigenvalue weighted by atomic mass is 10.1. The number of rotatable bonds is 5. The minimum absolute atomic E-state index is 0.391. The number of hydrogen-bond acceptors (Lipinski definition) is 7. The average Bonchev–Trinajstić information content (AvgIpc) is 2.93. The Labute approximate surface area is 136 Å². The van der Waals surface area contributed by atoms with Crippen LogP contribution in [-0.4, -0.2) is 62.9 Å². The van der Waals surface area contributed by atoms with Gasteiger partial charge in [0.15, 0.2) is 0 Å². The Morgan fingerprint density at radius 3 is 2.96 bits per heavy atom. The average molecular weight is 316 g/mol. The van der Waals surface area contributed by atoms with Crippen molar-refractivity contribution >= 4 is 11.8 Å². The summed E-state index contributed by atoms with van der Waals surface area (Å²) in [5, 5.41) is 7.67. The van der Waals surface area contributed by atoms with Gasteiger partial charge in [0.1, 0.15) is 18.0 Å². The Kier molecular flexibility index (Phi) is 4.71. The van der Waals surface area contributed by atoms with Crippen LogP contribution in [0.15, 0.2) is 18.6 Å². The van der Waals surface area contributed by atoms with Crippen LogP contribution in [0.5, 0.6) is 0 Å². The third-order valence-corrected chi connectivity index (χ3v) is 4.07. The molecule has 0 saturated carbocycles. The van der Waals surface area contributed by atoms with Crippen LogP contribution < -0.4 is 10.2 Å². The third-order valence-electron chi connectivity index (χ3n) is 4.07. The lowest BCUT2D eigenvalue weighted by Crippen LogP contribution is -2.42. The Morgan fingerprint density at radius 1 is 1.35 bits per heavy atom. The van der Waals surface area contributed by atoms with Crippen molar-refractivity contribution in [3.8, 4) is 0 Å². The molecule has 1 atom stereocenters. The summed E-state index contributed by atoms with van der Waals surface area (Å²) in [6.07, 6.45) is 5.72. The number of anilines is 2. The summed E-state index contributed by atoms with van der Waals surface area (Å²) in [5.41, 5.74) is 0. The molecule has 124 valence electrons. The summed E-state index contributed by atoms with van der Waals surface area (Å²) in [4.78, 5) is 17.4. The number of likely N-dealkylation sites (tertiary alicyclic amines) is 1. The van der Waals surface area contributed by atoms with Gasteiger partial charge in [0.05, 0.1) is 6.54 Å². The smallest absolute Gasteiger partial charge is 0.226 e. The highest BCUT2D eigenvalue weighted by Crippen LogP contribution is 2.17. The second-order valence-corrected chi connectivity index (χ2v) is 6.15. The van der Waals surface area contributed by atoms with E-state index in [1.54, 1.807) is 12.5 Å². The van der Waals surface area contributed by atoms with Crippen molar-refractivity contribution in [2.45, 2.75) is 25.4 Å². The molecule has 0 spiro atoms. The Hall–Kier alpha value is -2.22. The molecule has 3 heterocycles. The first kappa shape index (κ1) is 15.7. The van der Waals surface area contributed by atoms with Crippen LogP contribution in [0.4, 0.5) is 11.8 Å². The van der Waals surface area contributed by atoms with Gasteiger partial charge in [-0.2, -0.15) is 10.1 Å². The summed E-state index contributed by atoms with van der Waals surface area (Å²) in [7, 11) is 5.83. The van der Waals surface area contributed by atoms with Crippen LogP contribution in [0, 0.1) is 0 Å². The monoisotopic (exact) mass is 316 g/mol. The molecule has 1 saturated heterocycles. The number of nitrogens with one attached hydrogen (secondary N) is 1. The molecule has 0 aromatic carbocycles.